The van der Waals surface area contributed by atoms with Gasteiger partial charge in [-0.3, -0.25) is 14.9 Å². The average molecular weight is 316 g/mol. The summed E-state index contributed by atoms with van der Waals surface area (Å²) in [6, 6.07) is 3.88. The number of nitrogens with zero attached hydrogens (tertiary/aromatic N) is 1. The number of hydrogen-bond acceptors (Lipinski definition) is 5. The third-order valence-electron chi connectivity index (χ3n) is 2.70. The quantitative estimate of drug-likeness (QED) is 0.549. The first-order chi connectivity index (χ1) is 9.75. The molecule has 1 aromatic rings. The molecule has 0 aliphatic heterocycles. The number of carboxylic acids is 1. The molecule has 0 unspecified atom stereocenters. The molecule has 0 amide bonds. The summed E-state index contributed by atoms with van der Waals surface area (Å²) in [5.41, 5.74) is 0.201. The van der Waals surface area contributed by atoms with Crippen molar-refractivity contribution >= 4 is 21.7 Å². The van der Waals surface area contributed by atoms with E-state index >= 15 is 0 Å². The minimum absolute atomic E-state index is 0.140. The molecule has 1 atom stereocenters. The predicted octanol–water partition coefficient (Wildman–Crippen LogP) is 1.27. The van der Waals surface area contributed by atoms with Crippen LogP contribution in [0.15, 0.2) is 24.3 Å². The number of rotatable bonds is 8. The second-order valence-electron chi connectivity index (χ2n) is 4.48. The van der Waals surface area contributed by atoms with Crippen LogP contribution in [0.25, 0.3) is 0 Å². The Labute approximate surface area is 122 Å². The van der Waals surface area contributed by atoms with Gasteiger partial charge < -0.3 is 5.11 Å². The van der Waals surface area contributed by atoms with E-state index in [-0.39, 0.29) is 12.1 Å². The van der Waals surface area contributed by atoms with Gasteiger partial charge >= 0.3 is 5.97 Å². The topological polar surface area (TPSA) is 127 Å². The summed E-state index contributed by atoms with van der Waals surface area (Å²) < 4.78 is 25.9. The number of nitro groups is 1. The standard InChI is InChI=1S/C12H16N2O6S/c1-2-3-11(12(15)16)13-21(19,20)8-9-4-6-10(7-5-9)14(17)18/h4-7,11,13H,2-3,8H2,1H3,(H,15,16)/t11-/m0/s1. The summed E-state index contributed by atoms with van der Waals surface area (Å²) >= 11 is 0. The molecular formula is C12H16N2O6S. The van der Waals surface area contributed by atoms with Crippen LogP contribution in [-0.2, 0) is 20.6 Å². The Hall–Kier alpha value is -2.00. The Balaban J connectivity index is 2.79. The van der Waals surface area contributed by atoms with E-state index in [1.54, 1.807) is 6.92 Å². The fraction of sp³-hybridized carbons (Fsp3) is 0.417. The lowest BCUT2D eigenvalue weighted by atomic mass is 10.2. The van der Waals surface area contributed by atoms with Crippen molar-refractivity contribution in [2.45, 2.75) is 31.6 Å². The zero-order chi connectivity index (χ0) is 16.0. The molecule has 21 heavy (non-hydrogen) atoms. The first kappa shape index (κ1) is 17.1. The van der Waals surface area contributed by atoms with Crippen LogP contribution >= 0.6 is 0 Å². The maximum Gasteiger partial charge on any atom is 0.321 e. The molecular weight excluding hydrogens is 300 g/mol. The number of nitrogens with one attached hydrogen (secondary N) is 1. The van der Waals surface area contributed by atoms with Gasteiger partial charge in [-0.05, 0) is 12.0 Å². The molecule has 0 heterocycles. The van der Waals surface area contributed by atoms with Crippen LogP contribution in [0.4, 0.5) is 5.69 Å². The van der Waals surface area contributed by atoms with E-state index in [9.17, 15) is 23.3 Å². The lowest BCUT2D eigenvalue weighted by Crippen LogP contribution is -2.41. The largest absolute Gasteiger partial charge is 0.480 e. The van der Waals surface area contributed by atoms with E-state index in [0.29, 0.717) is 12.0 Å². The summed E-state index contributed by atoms with van der Waals surface area (Å²) in [5, 5.41) is 19.4. The highest BCUT2D eigenvalue weighted by Gasteiger charge is 2.23. The molecule has 0 bridgehead atoms. The molecule has 2 N–H and O–H groups in total. The van der Waals surface area contributed by atoms with Crippen molar-refractivity contribution in [3.05, 3.63) is 39.9 Å². The second kappa shape index (κ2) is 7.14. The summed E-state index contributed by atoms with van der Waals surface area (Å²) in [6.07, 6.45) is 0.714. The molecule has 1 rings (SSSR count). The second-order valence-corrected chi connectivity index (χ2v) is 6.23. The van der Waals surface area contributed by atoms with Gasteiger partial charge in [-0.2, -0.15) is 0 Å². The van der Waals surface area contributed by atoms with Crippen LogP contribution in [0.3, 0.4) is 0 Å². The molecule has 0 spiro atoms. The number of carbonyl (C=O) groups is 1. The lowest BCUT2D eigenvalue weighted by Gasteiger charge is -2.13. The van der Waals surface area contributed by atoms with Crippen molar-refractivity contribution < 1.29 is 23.2 Å². The Morgan fingerprint density at radius 2 is 1.95 bits per heavy atom. The summed E-state index contributed by atoms with van der Waals surface area (Å²) in [7, 11) is -3.83. The highest BCUT2D eigenvalue weighted by molar-refractivity contribution is 7.88. The minimum Gasteiger partial charge on any atom is -0.480 e. The van der Waals surface area contributed by atoms with Gasteiger partial charge in [-0.1, -0.05) is 25.5 Å². The van der Waals surface area contributed by atoms with Crippen LogP contribution in [0.1, 0.15) is 25.3 Å². The number of non-ortho nitro benzene ring substituents is 1. The van der Waals surface area contributed by atoms with E-state index in [1.807, 2.05) is 0 Å². The van der Waals surface area contributed by atoms with Gasteiger partial charge in [0.2, 0.25) is 10.0 Å². The van der Waals surface area contributed by atoms with Crippen molar-refractivity contribution in [1.29, 1.82) is 0 Å². The molecule has 116 valence electrons. The monoisotopic (exact) mass is 316 g/mol. The third kappa shape index (κ3) is 5.48. The van der Waals surface area contributed by atoms with Gasteiger partial charge in [0.25, 0.3) is 5.69 Å². The Bertz CT molecular complexity index is 611. The lowest BCUT2D eigenvalue weighted by molar-refractivity contribution is -0.384. The molecule has 0 saturated carbocycles. The van der Waals surface area contributed by atoms with Crippen LogP contribution in [0.5, 0.6) is 0 Å². The van der Waals surface area contributed by atoms with Crippen molar-refractivity contribution in [1.82, 2.24) is 4.72 Å². The molecule has 0 aromatic heterocycles. The van der Waals surface area contributed by atoms with Crippen molar-refractivity contribution in [3.63, 3.8) is 0 Å². The van der Waals surface area contributed by atoms with Crippen LogP contribution in [-0.4, -0.2) is 30.5 Å². The number of hydrogen-bond donors (Lipinski definition) is 2. The molecule has 0 radical (unpaired) electrons. The summed E-state index contributed by atoms with van der Waals surface area (Å²) in [4.78, 5) is 20.9. The van der Waals surface area contributed by atoms with E-state index < -0.39 is 32.7 Å². The number of nitro benzene ring substituents is 1. The van der Waals surface area contributed by atoms with Gasteiger partial charge in [0.05, 0.1) is 10.7 Å². The average Bonchev–Trinajstić information content (AvgIpc) is 2.38. The van der Waals surface area contributed by atoms with Crippen molar-refractivity contribution in [3.8, 4) is 0 Å². The minimum atomic E-state index is -3.83. The fourth-order valence-corrected chi connectivity index (χ4v) is 3.08. The van der Waals surface area contributed by atoms with E-state index in [4.69, 9.17) is 5.11 Å². The third-order valence-corrected chi connectivity index (χ3v) is 4.06. The van der Waals surface area contributed by atoms with E-state index in [2.05, 4.69) is 4.72 Å². The molecule has 0 aliphatic rings. The molecule has 0 fully saturated rings. The van der Waals surface area contributed by atoms with Crippen LogP contribution in [0.2, 0.25) is 0 Å². The summed E-state index contributed by atoms with van der Waals surface area (Å²) in [5.74, 6) is -1.66. The highest BCUT2D eigenvalue weighted by atomic mass is 32.2. The number of benzene rings is 1. The van der Waals surface area contributed by atoms with Crippen molar-refractivity contribution in [2.75, 3.05) is 0 Å². The number of sulfonamides is 1. The van der Waals surface area contributed by atoms with Gasteiger partial charge in [0, 0.05) is 12.1 Å². The molecule has 0 saturated heterocycles. The maximum absolute atomic E-state index is 11.9. The molecule has 8 nitrogen and oxygen atoms in total. The number of carboxylic acid groups (broad SMARTS) is 1. The first-order valence-corrected chi connectivity index (χ1v) is 7.86. The Kier molecular flexibility index (Phi) is 5.79. The van der Waals surface area contributed by atoms with Crippen molar-refractivity contribution in [2.24, 2.45) is 0 Å². The normalized spacial score (nSPS) is 12.8. The zero-order valence-corrected chi connectivity index (χ0v) is 12.2. The highest BCUT2D eigenvalue weighted by Crippen LogP contribution is 2.14. The molecule has 1 aromatic carbocycles. The Morgan fingerprint density at radius 1 is 1.38 bits per heavy atom. The fourth-order valence-electron chi connectivity index (χ4n) is 1.71. The van der Waals surface area contributed by atoms with Gasteiger partial charge in [-0.25, -0.2) is 13.1 Å². The number of aliphatic carboxylic acids is 1. The zero-order valence-electron chi connectivity index (χ0n) is 11.4. The summed E-state index contributed by atoms with van der Waals surface area (Å²) in [6.45, 7) is 1.75. The Morgan fingerprint density at radius 3 is 2.38 bits per heavy atom. The van der Waals surface area contributed by atoms with Crippen LogP contribution in [0, 0.1) is 10.1 Å². The van der Waals surface area contributed by atoms with E-state index in [0.717, 1.165) is 0 Å². The SMILES string of the molecule is CCC[C@H](NS(=O)(=O)Cc1ccc([N+](=O)[O-])cc1)C(=O)O. The first-order valence-electron chi connectivity index (χ1n) is 6.21. The predicted molar refractivity (Wildman–Crippen MR) is 75.2 cm³/mol. The van der Waals surface area contributed by atoms with Gasteiger partial charge in [-0.15, -0.1) is 0 Å². The molecule has 0 aliphatic carbocycles. The van der Waals surface area contributed by atoms with Gasteiger partial charge in [0.1, 0.15) is 6.04 Å². The van der Waals surface area contributed by atoms with Crippen LogP contribution < -0.4 is 4.72 Å². The smallest absolute Gasteiger partial charge is 0.321 e. The van der Waals surface area contributed by atoms with E-state index in [1.165, 1.54) is 24.3 Å². The molecule has 9 heteroatoms. The van der Waals surface area contributed by atoms with Gasteiger partial charge in [0.15, 0.2) is 0 Å². The maximum atomic E-state index is 11.9.